The van der Waals surface area contributed by atoms with Crippen LogP contribution in [0.4, 0.5) is 16.4 Å². The Bertz CT molecular complexity index is 1230. The number of rotatable bonds is 5. The Morgan fingerprint density at radius 3 is 2.41 bits per heavy atom. The number of anilines is 2. The molecular weight excluding hydrogens is 434 g/mol. The van der Waals surface area contributed by atoms with Gasteiger partial charge in [-0.15, -0.1) is 0 Å². The standard InChI is InChI=1S/C25H29N5O4/c1-16(23(31)32)29-14-19-7-6-17(12-20(19)15-29)18-8-10-26-21(13-18)30(22-9-11-27-28(22)5)24(33)34-25(2,3)4/h6-13,16H,14-15H2,1-5H3,(H,31,32)/t16-/m1/s1. The quantitative estimate of drug-likeness (QED) is 0.600. The average molecular weight is 464 g/mol. The molecule has 0 saturated carbocycles. The van der Waals surface area contributed by atoms with Crippen molar-refractivity contribution < 1.29 is 19.4 Å². The number of pyridine rings is 1. The molecule has 3 aromatic rings. The third-order valence-electron chi connectivity index (χ3n) is 5.77. The summed E-state index contributed by atoms with van der Waals surface area (Å²) in [5.74, 6) is 0.118. The minimum absolute atomic E-state index is 0.414. The molecule has 4 rings (SSSR count). The Kier molecular flexibility index (Phi) is 6.14. The summed E-state index contributed by atoms with van der Waals surface area (Å²) >= 11 is 0. The number of aromatic nitrogens is 3. The molecule has 3 heterocycles. The van der Waals surface area contributed by atoms with Gasteiger partial charge in [0.05, 0.1) is 6.20 Å². The number of hydrogen-bond acceptors (Lipinski definition) is 6. The van der Waals surface area contributed by atoms with Crippen LogP contribution in [0.25, 0.3) is 11.1 Å². The van der Waals surface area contributed by atoms with Gasteiger partial charge in [0.1, 0.15) is 23.3 Å². The van der Waals surface area contributed by atoms with Crippen LogP contribution >= 0.6 is 0 Å². The number of fused-ring (bicyclic) bond motifs is 1. The van der Waals surface area contributed by atoms with Gasteiger partial charge in [-0.2, -0.15) is 5.10 Å². The summed E-state index contributed by atoms with van der Waals surface area (Å²) < 4.78 is 7.23. The van der Waals surface area contributed by atoms with Gasteiger partial charge in [-0.1, -0.05) is 12.1 Å². The fourth-order valence-electron chi connectivity index (χ4n) is 3.95. The first-order chi connectivity index (χ1) is 16.0. The van der Waals surface area contributed by atoms with Crippen molar-refractivity contribution in [2.45, 2.75) is 52.4 Å². The van der Waals surface area contributed by atoms with Crippen molar-refractivity contribution in [3.63, 3.8) is 0 Å². The van der Waals surface area contributed by atoms with Crippen molar-refractivity contribution in [2.24, 2.45) is 7.05 Å². The molecule has 178 valence electrons. The molecule has 0 fully saturated rings. The van der Waals surface area contributed by atoms with Crippen molar-refractivity contribution in [1.82, 2.24) is 19.7 Å². The van der Waals surface area contributed by atoms with E-state index in [4.69, 9.17) is 4.74 Å². The van der Waals surface area contributed by atoms with E-state index in [9.17, 15) is 14.7 Å². The maximum absolute atomic E-state index is 13.1. The number of carboxylic acids is 1. The third-order valence-corrected chi connectivity index (χ3v) is 5.77. The molecule has 1 aliphatic rings. The lowest BCUT2D eigenvalue weighted by atomic mass is 10.0. The number of carbonyl (C=O) groups is 2. The normalized spacial score (nSPS) is 14.5. The van der Waals surface area contributed by atoms with Crippen molar-refractivity contribution in [2.75, 3.05) is 4.90 Å². The molecule has 0 saturated heterocycles. The van der Waals surface area contributed by atoms with E-state index in [1.165, 1.54) is 4.90 Å². The maximum Gasteiger partial charge on any atom is 0.421 e. The molecular formula is C25H29N5O4. The summed E-state index contributed by atoms with van der Waals surface area (Å²) in [6.45, 7) is 8.33. The van der Waals surface area contributed by atoms with Crippen molar-refractivity contribution in [3.8, 4) is 11.1 Å². The van der Waals surface area contributed by atoms with E-state index in [1.807, 2.05) is 49.9 Å². The molecule has 1 atom stereocenters. The van der Waals surface area contributed by atoms with Crippen LogP contribution in [0.5, 0.6) is 0 Å². The van der Waals surface area contributed by atoms with E-state index < -0.39 is 23.7 Å². The van der Waals surface area contributed by atoms with E-state index in [1.54, 1.807) is 37.1 Å². The number of hydrogen-bond donors (Lipinski definition) is 1. The number of aryl methyl sites for hydroxylation is 1. The zero-order valence-electron chi connectivity index (χ0n) is 20.0. The van der Waals surface area contributed by atoms with Gasteiger partial charge in [0.25, 0.3) is 0 Å². The molecule has 2 aromatic heterocycles. The second kappa shape index (κ2) is 8.90. The van der Waals surface area contributed by atoms with Crippen LogP contribution in [0, 0.1) is 0 Å². The number of amides is 1. The van der Waals surface area contributed by atoms with Crippen LogP contribution in [-0.2, 0) is 29.7 Å². The van der Waals surface area contributed by atoms with Crippen LogP contribution in [0.3, 0.4) is 0 Å². The first-order valence-corrected chi connectivity index (χ1v) is 11.1. The highest BCUT2D eigenvalue weighted by Gasteiger charge is 2.29. The summed E-state index contributed by atoms with van der Waals surface area (Å²) in [5.41, 5.74) is 3.38. The van der Waals surface area contributed by atoms with Gasteiger partial charge < -0.3 is 9.84 Å². The highest BCUT2D eigenvalue weighted by molar-refractivity contribution is 5.94. The molecule has 1 amide bonds. The first kappa shape index (κ1) is 23.4. The van der Waals surface area contributed by atoms with Crippen molar-refractivity contribution in [1.29, 1.82) is 0 Å². The third kappa shape index (κ3) is 4.79. The van der Waals surface area contributed by atoms with Gasteiger partial charge in [-0.25, -0.2) is 14.7 Å². The fourth-order valence-corrected chi connectivity index (χ4v) is 3.95. The smallest absolute Gasteiger partial charge is 0.421 e. The molecule has 1 aromatic carbocycles. The Balaban J connectivity index is 1.67. The summed E-state index contributed by atoms with van der Waals surface area (Å²) in [6.07, 6.45) is 2.72. The second-order valence-corrected chi connectivity index (χ2v) is 9.43. The fraction of sp³-hybridized carbons (Fsp3) is 0.360. The maximum atomic E-state index is 13.1. The van der Waals surface area contributed by atoms with Crippen LogP contribution < -0.4 is 4.90 Å². The predicted octanol–water partition coefficient (Wildman–Crippen LogP) is 4.34. The van der Waals surface area contributed by atoms with E-state index in [-0.39, 0.29) is 0 Å². The molecule has 34 heavy (non-hydrogen) atoms. The zero-order chi connectivity index (χ0) is 24.6. The zero-order valence-corrected chi connectivity index (χ0v) is 20.0. The lowest BCUT2D eigenvalue weighted by molar-refractivity contribution is -0.142. The second-order valence-electron chi connectivity index (χ2n) is 9.43. The largest absolute Gasteiger partial charge is 0.480 e. The van der Waals surface area contributed by atoms with Crippen LogP contribution in [0.1, 0.15) is 38.8 Å². The summed E-state index contributed by atoms with van der Waals surface area (Å²) in [7, 11) is 1.75. The van der Waals surface area contributed by atoms with Crippen LogP contribution in [0.15, 0.2) is 48.8 Å². The molecule has 0 radical (unpaired) electrons. The lowest BCUT2D eigenvalue weighted by Crippen LogP contribution is -2.35. The molecule has 9 heteroatoms. The minimum atomic E-state index is -0.829. The Morgan fingerprint density at radius 2 is 1.76 bits per heavy atom. The van der Waals surface area contributed by atoms with Gasteiger partial charge >= 0.3 is 12.1 Å². The number of carboxylic acid groups (broad SMARTS) is 1. The number of nitrogens with zero attached hydrogens (tertiary/aromatic N) is 5. The molecule has 1 aliphatic heterocycles. The van der Waals surface area contributed by atoms with Crippen molar-refractivity contribution >= 4 is 23.7 Å². The molecule has 9 nitrogen and oxygen atoms in total. The highest BCUT2D eigenvalue weighted by Crippen LogP contribution is 2.32. The summed E-state index contributed by atoms with van der Waals surface area (Å²) in [4.78, 5) is 32.3. The summed E-state index contributed by atoms with van der Waals surface area (Å²) in [5, 5.41) is 13.5. The molecule has 0 spiro atoms. The molecule has 0 unspecified atom stereocenters. The predicted molar refractivity (Wildman–Crippen MR) is 128 cm³/mol. The highest BCUT2D eigenvalue weighted by atomic mass is 16.6. The van der Waals surface area contributed by atoms with Crippen LogP contribution in [-0.4, -0.2) is 48.5 Å². The number of ether oxygens (including phenoxy) is 1. The molecule has 1 N–H and O–H groups in total. The number of carbonyl (C=O) groups excluding carboxylic acids is 1. The Labute approximate surface area is 198 Å². The van der Waals surface area contributed by atoms with Gasteiger partial charge in [0.15, 0.2) is 0 Å². The van der Waals surface area contributed by atoms with Crippen molar-refractivity contribution in [3.05, 3.63) is 59.9 Å². The monoisotopic (exact) mass is 463 g/mol. The Hall–Kier alpha value is -3.72. The SMILES string of the molecule is C[C@H](C(=O)O)N1Cc2ccc(-c3ccnc(N(C(=O)OC(C)(C)C)c4ccnn4C)c3)cc2C1. The van der Waals surface area contributed by atoms with Gasteiger partial charge in [-0.3, -0.25) is 14.4 Å². The molecule has 0 bridgehead atoms. The van der Waals surface area contributed by atoms with E-state index >= 15 is 0 Å². The molecule has 0 aliphatic carbocycles. The summed E-state index contributed by atoms with van der Waals surface area (Å²) in [6, 6.07) is 11.0. The average Bonchev–Trinajstić information content (AvgIpc) is 3.38. The van der Waals surface area contributed by atoms with Crippen LogP contribution in [0.2, 0.25) is 0 Å². The van der Waals surface area contributed by atoms with Gasteiger partial charge in [0.2, 0.25) is 0 Å². The minimum Gasteiger partial charge on any atom is -0.480 e. The Morgan fingerprint density at radius 1 is 1.06 bits per heavy atom. The topological polar surface area (TPSA) is 101 Å². The van der Waals surface area contributed by atoms with Gasteiger partial charge in [-0.05, 0) is 68.1 Å². The number of aliphatic carboxylic acids is 1. The first-order valence-electron chi connectivity index (χ1n) is 11.1. The lowest BCUT2D eigenvalue weighted by Gasteiger charge is -2.26. The number of benzene rings is 1. The van der Waals surface area contributed by atoms with E-state index in [0.717, 1.165) is 22.3 Å². The van der Waals surface area contributed by atoms with E-state index in [0.29, 0.717) is 24.7 Å². The van der Waals surface area contributed by atoms with Gasteiger partial charge in [0, 0.05) is 32.4 Å². The van der Waals surface area contributed by atoms with E-state index in [2.05, 4.69) is 16.1 Å².